The predicted octanol–water partition coefficient (Wildman–Crippen LogP) is 4.76. The Labute approximate surface area is 182 Å². The second kappa shape index (κ2) is 8.89. The third kappa shape index (κ3) is 4.77. The summed E-state index contributed by atoms with van der Waals surface area (Å²) in [5, 5.41) is 2.91. The monoisotopic (exact) mass is 440 g/mol. The van der Waals surface area contributed by atoms with Crippen LogP contribution >= 0.6 is 0 Å². The number of para-hydroxylation sites is 1. The molecule has 3 aromatic carbocycles. The Bertz CT molecular complexity index is 1220. The second-order valence-corrected chi connectivity index (χ2v) is 9.48. The Hall–Kier alpha value is -3.19. The van der Waals surface area contributed by atoms with Crippen molar-refractivity contribution in [2.75, 3.05) is 11.4 Å². The van der Waals surface area contributed by atoms with Gasteiger partial charge in [-0.25, -0.2) is 12.8 Å². The molecule has 0 spiro atoms. The molecule has 0 unspecified atom stereocenters. The fourth-order valence-corrected chi connectivity index (χ4v) is 4.71. The molecule has 0 aliphatic carbocycles. The van der Waals surface area contributed by atoms with E-state index in [1.54, 1.807) is 12.1 Å². The van der Waals surface area contributed by atoms with E-state index in [2.05, 4.69) is 5.32 Å². The van der Waals surface area contributed by atoms with Crippen LogP contribution in [0.5, 0.6) is 0 Å². The van der Waals surface area contributed by atoms with Crippen molar-refractivity contribution in [2.24, 2.45) is 0 Å². The van der Waals surface area contributed by atoms with Gasteiger partial charge in [0.1, 0.15) is 5.82 Å². The van der Waals surface area contributed by atoms with Crippen LogP contribution in [0.1, 0.15) is 40.0 Å². The fourth-order valence-electron chi connectivity index (χ4n) is 3.46. The minimum atomic E-state index is -4.05. The van der Waals surface area contributed by atoms with Crippen LogP contribution in [0.3, 0.4) is 0 Å². The van der Waals surface area contributed by atoms with Gasteiger partial charge in [0, 0.05) is 12.6 Å². The van der Waals surface area contributed by atoms with E-state index in [9.17, 15) is 17.6 Å². The Morgan fingerprint density at radius 3 is 2.39 bits per heavy atom. The standard InChI is InChI=1S/C24H25FN2O3S/c1-16-12-13-21(17(2)14-16)18(3)26-24(28)19-8-7-9-20(15-19)31(29,30)27(4)23-11-6-5-10-22(23)25/h5-15,18H,1-4H3,(H,26,28)/t18-/m0/s1. The van der Waals surface area contributed by atoms with Crippen molar-refractivity contribution in [3.8, 4) is 0 Å². The number of benzene rings is 3. The average Bonchev–Trinajstić information content (AvgIpc) is 2.73. The molecule has 1 atom stereocenters. The van der Waals surface area contributed by atoms with Gasteiger partial charge in [0.2, 0.25) is 0 Å². The van der Waals surface area contributed by atoms with Crippen LogP contribution < -0.4 is 9.62 Å². The maximum atomic E-state index is 14.1. The summed E-state index contributed by atoms with van der Waals surface area (Å²) in [5.74, 6) is -1.04. The normalized spacial score (nSPS) is 12.3. The van der Waals surface area contributed by atoms with Gasteiger partial charge in [0.15, 0.2) is 0 Å². The van der Waals surface area contributed by atoms with Gasteiger partial charge >= 0.3 is 0 Å². The number of hydrogen-bond donors (Lipinski definition) is 1. The zero-order valence-electron chi connectivity index (χ0n) is 17.9. The fraction of sp³-hybridized carbons (Fsp3) is 0.208. The van der Waals surface area contributed by atoms with Gasteiger partial charge < -0.3 is 5.32 Å². The molecule has 0 fully saturated rings. The Kier molecular flexibility index (Phi) is 6.45. The maximum Gasteiger partial charge on any atom is 0.264 e. The molecular formula is C24H25FN2O3S. The molecule has 0 aliphatic heterocycles. The number of halogens is 1. The van der Waals surface area contributed by atoms with E-state index < -0.39 is 21.7 Å². The van der Waals surface area contributed by atoms with Crippen molar-refractivity contribution in [1.82, 2.24) is 5.32 Å². The lowest BCUT2D eigenvalue weighted by Crippen LogP contribution is -2.29. The van der Waals surface area contributed by atoms with Gasteiger partial charge in [-0.05, 0) is 62.2 Å². The van der Waals surface area contributed by atoms with Gasteiger partial charge in [-0.1, -0.05) is 42.0 Å². The lowest BCUT2D eigenvalue weighted by Gasteiger charge is -2.21. The molecule has 0 radical (unpaired) electrons. The zero-order chi connectivity index (χ0) is 22.8. The summed E-state index contributed by atoms with van der Waals surface area (Å²) >= 11 is 0. The number of sulfonamides is 1. The lowest BCUT2D eigenvalue weighted by atomic mass is 10.00. The summed E-state index contributed by atoms with van der Waals surface area (Å²) in [6, 6.07) is 17.1. The summed E-state index contributed by atoms with van der Waals surface area (Å²) in [7, 11) is -2.77. The predicted molar refractivity (Wildman–Crippen MR) is 120 cm³/mol. The molecule has 0 heterocycles. The highest BCUT2D eigenvalue weighted by Crippen LogP contribution is 2.25. The van der Waals surface area contributed by atoms with Crippen molar-refractivity contribution in [3.63, 3.8) is 0 Å². The minimum Gasteiger partial charge on any atom is -0.346 e. The highest BCUT2D eigenvalue weighted by Gasteiger charge is 2.24. The van der Waals surface area contributed by atoms with Crippen molar-refractivity contribution >= 4 is 21.6 Å². The molecular weight excluding hydrogens is 415 g/mol. The summed E-state index contributed by atoms with van der Waals surface area (Å²) in [5.41, 5.74) is 3.33. The third-order valence-electron chi connectivity index (χ3n) is 5.19. The number of rotatable bonds is 6. The smallest absolute Gasteiger partial charge is 0.264 e. The van der Waals surface area contributed by atoms with Crippen molar-refractivity contribution in [2.45, 2.75) is 31.7 Å². The van der Waals surface area contributed by atoms with Crippen LogP contribution in [0.2, 0.25) is 0 Å². The zero-order valence-corrected chi connectivity index (χ0v) is 18.7. The average molecular weight is 441 g/mol. The van der Waals surface area contributed by atoms with Crippen LogP contribution in [0, 0.1) is 19.7 Å². The highest BCUT2D eigenvalue weighted by molar-refractivity contribution is 7.92. The molecule has 0 aromatic heterocycles. The lowest BCUT2D eigenvalue weighted by molar-refractivity contribution is 0.0939. The maximum absolute atomic E-state index is 14.1. The highest BCUT2D eigenvalue weighted by atomic mass is 32.2. The largest absolute Gasteiger partial charge is 0.346 e. The number of carbonyl (C=O) groups is 1. The molecule has 0 saturated heterocycles. The number of nitrogens with one attached hydrogen (secondary N) is 1. The molecule has 7 heteroatoms. The summed E-state index contributed by atoms with van der Waals surface area (Å²) in [4.78, 5) is 12.7. The molecule has 3 rings (SSSR count). The van der Waals surface area contributed by atoms with Gasteiger partial charge in [-0.3, -0.25) is 9.10 Å². The van der Waals surface area contributed by atoms with Crippen molar-refractivity contribution < 1.29 is 17.6 Å². The quantitative estimate of drug-likeness (QED) is 0.601. The van der Waals surface area contributed by atoms with Gasteiger partial charge in [-0.15, -0.1) is 0 Å². The molecule has 162 valence electrons. The van der Waals surface area contributed by atoms with E-state index in [0.29, 0.717) is 0 Å². The SMILES string of the molecule is Cc1ccc([C@H](C)NC(=O)c2cccc(S(=O)(=O)N(C)c3ccccc3F)c2)c(C)c1. The molecule has 31 heavy (non-hydrogen) atoms. The van der Waals surface area contributed by atoms with Crippen LogP contribution in [0.15, 0.2) is 71.6 Å². The molecule has 5 nitrogen and oxygen atoms in total. The topological polar surface area (TPSA) is 66.5 Å². The minimum absolute atomic E-state index is 0.0687. The number of anilines is 1. The molecule has 0 bridgehead atoms. The van der Waals surface area contributed by atoms with E-state index in [1.807, 2.05) is 39.0 Å². The molecule has 1 amide bonds. The number of aryl methyl sites for hydroxylation is 2. The molecule has 0 aliphatic rings. The van der Waals surface area contributed by atoms with Crippen molar-refractivity contribution in [3.05, 3.63) is 94.8 Å². The Morgan fingerprint density at radius 2 is 1.71 bits per heavy atom. The second-order valence-electron chi connectivity index (χ2n) is 7.51. The van der Waals surface area contributed by atoms with Gasteiger partial charge in [0.25, 0.3) is 15.9 Å². The van der Waals surface area contributed by atoms with Gasteiger partial charge in [-0.2, -0.15) is 0 Å². The van der Waals surface area contributed by atoms with Crippen molar-refractivity contribution in [1.29, 1.82) is 0 Å². The van der Waals surface area contributed by atoms with Crippen LogP contribution in [-0.4, -0.2) is 21.4 Å². The van der Waals surface area contributed by atoms with Crippen LogP contribution in [-0.2, 0) is 10.0 Å². The Morgan fingerprint density at radius 1 is 1.00 bits per heavy atom. The number of amides is 1. The summed E-state index contributed by atoms with van der Waals surface area (Å²) < 4.78 is 41.0. The van der Waals surface area contributed by atoms with E-state index >= 15 is 0 Å². The van der Waals surface area contributed by atoms with E-state index in [-0.39, 0.29) is 22.2 Å². The molecule has 0 saturated carbocycles. The van der Waals surface area contributed by atoms with Gasteiger partial charge in [0.05, 0.1) is 16.6 Å². The summed E-state index contributed by atoms with van der Waals surface area (Å²) in [6.07, 6.45) is 0. The van der Waals surface area contributed by atoms with E-state index in [0.717, 1.165) is 21.0 Å². The van der Waals surface area contributed by atoms with E-state index in [4.69, 9.17) is 0 Å². The van der Waals surface area contributed by atoms with E-state index in [1.165, 1.54) is 43.4 Å². The van der Waals surface area contributed by atoms with Crippen LogP contribution in [0.25, 0.3) is 0 Å². The molecule has 3 aromatic rings. The number of nitrogens with zero attached hydrogens (tertiary/aromatic N) is 1. The summed E-state index contributed by atoms with van der Waals surface area (Å²) in [6.45, 7) is 5.86. The first-order chi connectivity index (χ1) is 14.6. The molecule has 1 N–H and O–H groups in total. The first kappa shape index (κ1) is 22.5. The first-order valence-corrected chi connectivity index (χ1v) is 11.3. The third-order valence-corrected chi connectivity index (χ3v) is 6.95. The van der Waals surface area contributed by atoms with Crippen LogP contribution in [0.4, 0.5) is 10.1 Å². The number of carbonyl (C=O) groups excluding carboxylic acids is 1. The first-order valence-electron chi connectivity index (χ1n) is 9.83. The Balaban J connectivity index is 1.85. The number of hydrogen-bond acceptors (Lipinski definition) is 3.